The zero-order chi connectivity index (χ0) is 20.9. The molecule has 1 atom stereocenters. The van der Waals surface area contributed by atoms with E-state index in [4.69, 9.17) is 0 Å². The summed E-state index contributed by atoms with van der Waals surface area (Å²) in [6.45, 7) is 10.3. The van der Waals surface area contributed by atoms with Crippen LogP contribution in [0.25, 0.3) is 10.9 Å². The first-order valence-electron chi connectivity index (χ1n) is 9.52. The summed E-state index contributed by atoms with van der Waals surface area (Å²) in [5.41, 5.74) is -0.385. The molecule has 0 saturated carbocycles. The Labute approximate surface area is 170 Å². The molecule has 1 aromatic heterocycles. The second kappa shape index (κ2) is 9.24. The fraction of sp³-hybridized carbons (Fsp3) is 0.524. The lowest BCUT2D eigenvalue weighted by Gasteiger charge is -2.27. The number of amides is 1. The predicted octanol–water partition coefficient (Wildman–Crippen LogP) is 3.59. The number of para-hydroxylation sites is 1. The van der Waals surface area contributed by atoms with E-state index in [-0.39, 0.29) is 23.1 Å². The van der Waals surface area contributed by atoms with Gasteiger partial charge in [-0.2, -0.15) is 5.26 Å². The van der Waals surface area contributed by atoms with Crippen molar-refractivity contribution in [2.75, 3.05) is 5.75 Å². The van der Waals surface area contributed by atoms with Crippen LogP contribution in [0.4, 0.5) is 0 Å². The number of hydrogen-bond donors (Lipinski definition) is 1. The van der Waals surface area contributed by atoms with Crippen LogP contribution in [0.5, 0.6) is 0 Å². The molecule has 2 aromatic rings. The number of nitriles is 1. The Morgan fingerprint density at radius 2 is 2.00 bits per heavy atom. The van der Waals surface area contributed by atoms with E-state index in [0.29, 0.717) is 28.5 Å². The standard InChI is InChI=1S/C21H28N4O2S/c1-14(2)10-11-25-19(27)16-8-6-7-9-17(16)23-20(25)28-12-18(26)24-21(5,13-22)15(3)4/h6-9,14-15H,10-12H2,1-5H3,(H,24,26)/t21-/m1/s1. The number of fused-ring (bicyclic) bond motifs is 1. The SMILES string of the molecule is CC(C)CCn1c(SCC(=O)N[C@](C)(C#N)C(C)C)nc2ccccc2c1=O. The van der Waals surface area contributed by atoms with Gasteiger partial charge in [-0.05, 0) is 37.3 Å². The van der Waals surface area contributed by atoms with Gasteiger partial charge in [-0.15, -0.1) is 0 Å². The van der Waals surface area contributed by atoms with Gasteiger partial charge < -0.3 is 5.32 Å². The zero-order valence-electron chi connectivity index (χ0n) is 17.2. The maximum Gasteiger partial charge on any atom is 0.262 e. The van der Waals surface area contributed by atoms with Gasteiger partial charge in [0.1, 0.15) is 5.54 Å². The van der Waals surface area contributed by atoms with Gasteiger partial charge in [0.25, 0.3) is 5.56 Å². The van der Waals surface area contributed by atoms with Gasteiger partial charge in [0, 0.05) is 6.54 Å². The van der Waals surface area contributed by atoms with Gasteiger partial charge in [-0.25, -0.2) is 4.98 Å². The van der Waals surface area contributed by atoms with Crippen LogP contribution in [-0.4, -0.2) is 26.8 Å². The molecule has 0 fully saturated rings. The summed E-state index contributed by atoms with van der Waals surface area (Å²) >= 11 is 1.23. The van der Waals surface area contributed by atoms with Crippen LogP contribution in [0.3, 0.4) is 0 Å². The normalized spacial score (nSPS) is 13.5. The number of carbonyl (C=O) groups excluding carboxylic acids is 1. The highest BCUT2D eigenvalue weighted by Crippen LogP contribution is 2.20. The summed E-state index contributed by atoms with van der Waals surface area (Å²) in [5.74, 6) is 0.271. The van der Waals surface area contributed by atoms with Gasteiger partial charge in [-0.1, -0.05) is 51.6 Å². The van der Waals surface area contributed by atoms with Crippen LogP contribution in [0.2, 0.25) is 0 Å². The summed E-state index contributed by atoms with van der Waals surface area (Å²) in [6, 6.07) is 9.42. The molecule has 0 unspecified atom stereocenters. The lowest BCUT2D eigenvalue weighted by Crippen LogP contribution is -2.49. The van der Waals surface area contributed by atoms with Crippen molar-refractivity contribution >= 4 is 28.6 Å². The third-order valence-corrected chi connectivity index (χ3v) is 5.85. The molecule has 7 heteroatoms. The minimum atomic E-state index is -0.925. The molecule has 0 saturated heterocycles. The fourth-order valence-electron chi connectivity index (χ4n) is 2.60. The van der Waals surface area contributed by atoms with Gasteiger partial charge in [-0.3, -0.25) is 14.2 Å². The van der Waals surface area contributed by atoms with Gasteiger partial charge in [0.2, 0.25) is 5.91 Å². The molecule has 1 heterocycles. The molecule has 0 spiro atoms. The number of benzene rings is 1. The predicted molar refractivity (Wildman–Crippen MR) is 113 cm³/mol. The summed E-state index contributed by atoms with van der Waals surface area (Å²) in [6.07, 6.45) is 0.847. The monoisotopic (exact) mass is 400 g/mol. The lowest BCUT2D eigenvalue weighted by molar-refractivity contribution is -0.120. The van der Waals surface area contributed by atoms with E-state index >= 15 is 0 Å². The van der Waals surface area contributed by atoms with Gasteiger partial charge in [0.15, 0.2) is 5.16 Å². The Hall–Kier alpha value is -2.33. The second-order valence-corrected chi connectivity index (χ2v) is 8.80. The molecule has 28 heavy (non-hydrogen) atoms. The Bertz CT molecular complexity index is 946. The highest BCUT2D eigenvalue weighted by Gasteiger charge is 2.30. The lowest BCUT2D eigenvalue weighted by atomic mass is 9.90. The molecule has 150 valence electrons. The van der Waals surface area contributed by atoms with E-state index < -0.39 is 5.54 Å². The van der Waals surface area contributed by atoms with Crippen molar-refractivity contribution in [2.24, 2.45) is 11.8 Å². The number of nitrogens with one attached hydrogen (secondary N) is 1. The van der Waals surface area contributed by atoms with E-state index in [2.05, 4.69) is 30.2 Å². The molecular formula is C21H28N4O2S. The molecule has 0 bridgehead atoms. The molecular weight excluding hydrogens is 372 g/mol. The van der Waals surface area contributed by atoms with Crippen LogP contribution in [-0.2, 0) is 11.3 Å². The second-order valence-electron chi connectivity index (χ2n) is 7.86. The van der Waals surface area contributed by atoms with Crippen molar-refractivity contribution in [3.05, 3.63) is 34.6 Å². The Kier molecular flexibility index (Phi) is 7.25. The number of nitrogens with zero attached hydrogens (tertiary/aromatic N) is 3. The molecule has 0 aliphatic carbocycles. The zero-order valence-corrected chi connectivity index (χ0v) is 18.0. The highest BCUT2D eigenvalue weighted by atomic mass is 32.2. The quantitative estimate of drug-likeness (QED) is 0.540. The van der Waals surface area contributed by atoms with E-state index in [1.807, 2.05) is 26.0 Å². The number of rotatable bonds is 8. The Balaban J connectivity index is 2.27. The number of hydrogen-bond acceptors (Lipinski definition) is 5. The fourth-order valence-corrected chi connectivity index (χ4v) is 3.42. The van der Waals surface area contributed by atoms with E-state index in [1.54, 1.807) is 23.6 Å². The third-order valence-electron chi connectivity index (χ3n) is 4.88. The van der Waals surface area contributed by atoms with Crippen LogP contribution < -0.4 is 10.9 Å². The van der Waals surface area contributed by atoms with Crippen molar-refractivity contribution in [3.8, 4) is 6.07 Å². The molecule has 1 amide bonds. The summed E-state index contributed by atoms with van der Waals surface area (Å²) in [4.78, 5) is 30.0. The Morgan fingerprint density at radius 1 is 1.32 bits per heavy atom. The maximum atomic E-state index is 12.9. The first-order valence-corrected chi connectivity index (χ1v) is 10.5. The molecule has 6 nitrogen and oxygen atoms in total. The molecule has 0 radical (unpaired) electrons. The first-order chi connectivity index (χ1) is 13.2. The molecule has 2 rings (SSSR count). The van der Waals surface area contributed by atoms with Crippen LogP contribution in [0, 0.1) is 23.2 Å². The maximum absolute atomic E-state index is 12.9. The Morgan fingerprint density at radius 3 is 2.61 bits per heavy atom. The van der Waals surface area contributed by atoms with Crippen molar-refractivity contribution in [1.29, 1.82) is 5.26 Å². The average Bonchev–Trinajstić information content (AvgIpc) is 2.65. The van der Waals surface area contributed by atoms with Crippen molar-refractivity contribution in [1.82, 2.24) is 14.9 Å². The highest BCUT2D eigenvalue weighted by molar-refractivity contribution is 7.99. The number of aromatic nitrogens is 2. The molecule has 1 aromatic carbocycles. The van der Waals surface area contributed by atoms with Crippen molar-refractivity contribution < 1.29 is 4.79 Å². The number of carbonyl (C=O) groups is 1. The molecule has 0 aliphatic heterocycles. The van der Waals surface area contributed by atoms with Gasteiger partial charge in [0.05, 0.1) is 22.7 Å². The average molecular weight is 401 g/mol. The molecule has 1 N–H and O–H groups in total. The van der Waals surface area contributed by atoms with Gasteiger partial charge >= 0.3 is 0 Å². The van der Waals surface area contributed by atoms with E-state index in [9.17, 15) is 14.9 Å². The topological polar surface area (TPSA) is 87.8 Å². The molecule has 0 aliphatic rings. The summed E-state index contributed by atoms with van der Waals surface area (Å²) in [5, 5.41) is 13.3. The van der Waals surface area contributed by atoms with Crippen molar-refractivity contribution in [3.63, 3.8) is 0 Å². The van der Waals surface area contributed by atoms with E-state index in [1.165, 1.54) is 11.8 Å². The smallest absolute Gasteiger partial charge is 0.262 e. The minimum absolute atomic E-state index is 0.0190. The largest absolute Gasteiger partial charge is 0.337 e. The van der Waals surface area contributed by atoms with Crippen LogP contribution in [0.1, 0.15) is 41.0 Å². The van der Waals surface area contributed by atoms with Crippen LogP contribution in [0.15, 0.2) is 34.2 Å². The van der Waals surface area contributed by atoms with E-state index in [0.717, 1.165) is 6.42 Å². The summed E-state index contributed by atoms with van der Waals surface area (Å²) in [7, 11) is 0. The number of thioether (sulfide) groups is 1. The summed E-state index contributed by atoms with van der Waals surface area (Å²) < 4.78 is 1.66. The minimum Gasteiger partial charge on any atom is -0.337 e. The third kappa shape index (κ3) is 5.14. The van der Waals surface area contributed by atoms with Crippen LogP contribution >= 0.6 is 11.8 Å². The van der Waals surface area contributed by atoms with Crippen molar-refractivity contribution in [2.45, 2.75) is 58.3 Å². The first kappa shape index (κ1) is 22.0.